The Morgan fingerprint density at radius 3 is 2.54 bits per heavy atom. The zero-order valence-corrected chi connectivity index (χ0v) is 14.7. The van der Waals surface area contributed by atoms with Crippen LogP contribution in [0.3, 0.4) is 0 Å². The first-order valence-corrected chi connectivity index (χ1v) is 8.31. The second-order valence-corrected chi connectivity index (χ2v) is 6.02. The fourth-order valence-corrected chi connectivity index (χ4v) is 2.69. The van der Waals surface area contributed by atoms with Gasteiger partial charge in [-0.25, -0.2) is 0 Å². The second kappa shape index (κ2) is 8.08. The molecule has 8 heteroatoms. The highest BCUT2D eigenvalue weighted by Gasteiger charge is 2.21. The monoisotopic (exact) mass is 390 g/mol. The molecule has 0 fully saturated rings. The summed E-state index contributed by atoms with van der Waals surface area (Å²) >= 11 is 0. The van der Waals surface area contributed by atoms with E-state index in [0.29, 0.717) is 16.5 Å². The number of hydrogen-bond donors (Lipinski definition) is 1. The number of rotatable bonds is 7. The Kier molecular flexibility index (Phi) is 5.58. The van der Waals surface area contributed by atoms with Gasteiger partial charge in [-0.05, 0) is 43.3 Å². The molecule has 2 aromatic carbocycles. The van der Waals surface area contributed by atoms with Crippen molar-refractivity contribution in [3.8, 4) is 11.5 Å². The van der Waals surface area contributed by atoms with Gasteiger partial charge in [-0.2, -0.15) is 8.78 Å². The van der Waals surface area contributed by atoms with Crippen molar-refractivity contribution in [3.63, 3.8) is 0 Å². The van der Waals surface area contributed by atoms with E-state index in [-0.39, 0.29) is 23.5 Å². The lowest BCUT2D eigenvalue weighted by Crippen LogP contribution is -2.25. The highest BCUT2D eigenvalue weighted by Crippen LogP contribution is 2.25. The molecule has 28 heavy (non-hydrogen) atoms. The lowest BCUT2D eigenvalue weighted by Gasteiger charge is -2.12. The summed E-state index contributed by atoms with van der Waals surface area (Å²) in [6.45, 7) is -1.53. The van der Waals surface area contributed by atoms with Gasteiger partial charge in [0.2, 0.25) is 5.78 Å². The van der Waals surface area contributed by atoms with E-state index in [9.17, 15) is 23.5 Å². The molecule has 0 aliphatic heterocycles. The molecular formula is C20H16F2O6. The van der Waals surface area contributed by atoms with Crippen molar-refractivity contribution in [2.75, 3.05) is 0 Å². The maximum atomic E-state index is 12.4. The molecule has 0 aliphatic rings. The van der Waals surface area contributed by atoms with Crippen molar-refractivity contribution in [2.24, 2.45) is 0 Å². The van der Waals surface area contributed by atoms with Crippen molar-refractivity contribution in [1.29, 1.82) is 0 Å². The molecule has 3 rings (SSSR count). The van der Waals surface area contributed by atoms with Gasteiger partial charge in [0.25, 0.3) is 0 Å². The molecule has 0 radical (unpaired) electrons. The average molecular weight is 390 g/mol. The van der Waals surface area contributed by atoms with E-state index in [4.69, 9.17) is 9.15 Å². The van der Waals surface area contributed by atoms with Crippen molar-refractivity contribution >= 4 is 22.7 Å². The Morgan fingerprint density at radius 1 is 1.14 bits per heavy atom. The number of carbonyl (C=O) groups excluding carboxylic acids is 2. The van der Waals surface area contributed by atoms with Crippen molar-refractivity contribution in [2.45, 2.75) is 26.1 Å². The van der Waals surface area contributed by atoms with E-state index in [1.165, 1.54) is 49.6 Å². The molecule has 0 saturated heterocycles. The van der Waals surface area contributed by atoms with Crippen LogP contribution in [0.4, 0.5) is 8.78 Å². The summed E-state index contributed by atoms with van der Waals surface area (Å²) in [5, 5.41) is 10.1. The van der Waals surface area contributed by atoms with E-state index in [2.05, 4.69) is 4.74 Å². The van der Waals surface area contributed by atoms with Crippen LogP contribution in [0.1, 0.15) is 22.8 Å². The van der Waals surface area contributed by atoms with Gasteiger partial charge in [-0.1, -0.05) is 0 Å². The minimum Gasteiger partial charge on any atom is -0.508 e. The first-order valence-electron chi connectivity index (χ1n) is 8.31. The molecule has 146 valence electrons. The summed E-state index contributed by atoms with van der Waals surface area (Å²) in [4.78, 5) is 24.5. The third kappa shape index (κ3) is 4.46. The minimum atomic E-state index is -2.95. The Balaban J connectivity index is 1.62. The molecule has 3 aromatic rings. The van der Waals surface area contributed by atoms with Crippen LogP contribution in [0, 0.1) is 0 Å². The topological polar surface area (TPSA) is 86.0 Å². The quantitative estimate of drug-likeness (QED) is 0.483. The number of esters is 1. The molecule has 1 N–H and O–H groups in total. The van der Waals surface area contributed by atoms with Crippen LogP contribution in [-0.2, 0) is 16.0 Å². The molecule has 0 spiro atoms. The van der Waals surface area contributed by atoms with E-state index < -0.39 is 24.5 Å². The molecule has 0 aliphatic carbocycles. The third-order valence-electron chi connectivity index (χ3n) is 4.02. The average Bonchev–Trinajstić information content (AvgIpc) is 3.02. The number of phenolic OH excluding ortho intramolecular Hbond substituents is 1. The number of ether oxygens (including phenoxy) is 2. The number of Topliss-reactive ketones (excluding diaryl/α,β-unsaturated/α-hetero) is 1. The summed E-state index contributed by atoms with van der Waals surface area (Å²) < 4.78 is 39.0. The lowest BCUT2D eigenvalue weighted by molar-refractivity contribution is -0.145. The number of phenols is 1. The molecule has 0 amide bonds. The van der Waals surface area contributed by atoms with E-state index in [1.807, 2.05) is 0 Å². The van der Waals surface area contributed by atoms with Crippen LogP contribution in [0.5, 0.6) is 11.5 Å². The molecule has 1 atom stereocenters. The van der Waals surface area contributed by atoms with Gasteiger partial charge in [-0.3, -0.25) is 9.59 Å². The van der Waals surface area contributed by atoms with Gasteiger partial charge in [-0.15, -0.1) is 0 Å². The molecular weight excluding hydrogens is 374 g/mol. The standard InChI is InChI=1S/C20H16F2O6/c1-11(19(25)12-2-5-15(6-3-12)28-20(21)22)27-18(24)8-13-10-26-17-9-14(23)4-7-16(13)17/h2-7,9-11,20,23H,8H2,1H3/t11-/m0/s1. The Labute approximate surface area is 158 Å². The first kappa shape index (κ1) is 19.3. The van der Waals surface area contributed by atoms with E-state index in [1.54, 1.807) is 6.07 Å². The summed E-state index contributed by atoms with van der Waals surface area (Å²) in [7, 11) is 0. The number of alkyl halides is 2. The number of aromatic hydroxyl groups is 1. The Hall–Kier alpha value is -3.42. The number of carbonyl (C=O) groups is 2. The van der Waals surface area contributed by atoms with Crippen molar-refractivity contribution in [1.82, 2.24) is 0 Å². The van der Waals surface area contributed by atoms with Crippen LogP contribution >= 0.6 is 0 Å². The van der Waals surface area contributed by atoms with Crippen LogP contribution in [-0.4, -0.2) is 29.6 Å². The van der Waals surface area contributed by atoms with Crippen LogP contribution in [0.15, 0.2) is 53.1 Å². The van der Waals surface area contributed by atoms with Crippen LogP contribution in [0.25, 0.3) is 11.0 Å². The number of benzene rings is 2. The Morgan fingerprint density at radius 2 is 1.86 bits per heavy atom. The van der Waals surface area contributed by atoms with E-state index >= 15 is 0 Å². The molecule has 1 heterocycles. The highest BCUT2D eigenvalue weighted by molar-refractivity contribution is 6.00. The second-order valence-electron chi connectivity index (χ2n) is 6.02. The Bertz CT molecular complexity index is 994. The SMILES string of the molecule is C[C@H](OC(=O)Cc1coc2cc(O)ccc12)C(=O)c1ccc(OC(F)F)cc1. The first-order chi connectivity index (χ1) is 13.3. The van der Waals surface area contributed by atoms with E-state index in [0.717, 1.165) is 0 Å². The molecule has 0 unspecified atom stereocenters. The van der Waals surface area contributed by atoms with Gasteiger partial charge < -0.3 is 19.0 Å². The van der Waals surface area contributed by atoms with Crippen LogP contribution < -0.4 is 4.74 Å². The number of furan rings is 1. The predicted molar refractivity (Wildman–Crippen MR) is 94.5 cm³/mol. The maximum absolute atomic E-state index is 12.4. The summed E-state index contributed by atoms with van der Waals surface area (Å²) in [5.41, 5.74) is 1.19. The summed E-state index contributed by atoms with van der Waals surface area (Å²) in [5.74, 6) is -1.14. The largest absolute Gasteiger partial charge is 0.508 e. The predicted octanol–water partition coefficient (Wildman–Crippen LogP) is 4.10. The molecule has 0 bridgehead atoms. The van der Waals surface area contributed by atoms with Crippen molar-refractivity contribution < 1.29 is 37.4 Å². The maximum Gasteiger partial charge on any atom is 0.387 e. The van der Waals surface area contributed by atoms with Gasteiger partial charge in [0.15, 0.2) is 6.10 Å². The lowest BCUT2D eigenvalue weighted by atomic mass is 10.1. The van der Waals surface area contributed by atoms with Crippen LogP contribution in [0.2, 0.25) is 0 Å². The normalized spacial score (nSPS) is 12.1. The third-order valence-corrected chi connectivity index (χ3v) is 4.02. The fourth-order valence-electron chi connectivity index (χ4n) is 2.69. The molecule has 6 nitrogen and oxygen atoms in total. The smallest absolute Gasteiger partial charge is 0.387 e. The summed E-state index contributed by atoms with van der Waals surface area (Å²) in [6.07, 6.45) is 0.215. The number of ketones is 1. The van der Waals surface area contributed by atoms with Crippen molar-refractivity contribution in [3.05, 3.63) is 59.9 Å². The van der Waals surface area contributed by atoms with Gasteiger partial charge >= 0.3 is 12.6 Å². The molecule has 0 saturated carbocycles. The zero-order chi connectivity index (χ0) is 20.3. The summed E-state index contributed by atoms with van der Waals surface area (Å²) in [6, 6.07) is 9.63. The molecule has 1 aromatic heterocycles. The minimum absolute atomic E-state index is 0.0418. The van der Waals surface area contributed by atoms with Gasteiger partial charge in [0.05, 0.1) is 12.7 Å². The van der Waals surface area contributed by atoms with Gasteiger partial charge in [0, 0.05) is 22.6 Å². The fraction of sp³-hybridized carbons (Fsp3) is 0.200. The number of halogens is 2. The number of hydrogen-bond acceptors (Lipinski definition) is 6. The van der Waals surface area contributed by atoms with Gasteiger partial charge in [0.1, 0.15) is 17.1 Å². The highest BCUT2D eigenvalue weighted by atomic mass is 19.3. The number of fused-ring (bicyclic) bond motifs is 1. The zero-order valence-electron chi connectivity index (χ0n) is 14.7.